The summed E-state index contributed by atoms with van der Waals surface area (Å²) in [6, 6.07) is 9.94. The van der Waals surface area contributed by atoms with Crippen molar-refractivity contribution in [2.75, 3.05) is 5.43 Å². The fourth-order valence-corrected chi connectivity index (χ4v) is 2.90. The first-order valence-electron chi connectivity index (χ1n) is 7.19. The third-order valence-corrected chi connectivity index (χ3v) is 4.12. The highest BCUT2D eigenvalue weighted by Crippen LogP contribution is 2.26. The molecule has 0 atom stereocenters. The standard InChI is InChI=1S/C17H19N3OS/c1-11(14-9-12-7-5-6-8-13(12)21-14)19-20-16-18-15(10-22-16)17(2,3)4/h5-10H,1-4H3,(H,18,20)/b19-11-. The van der Waals surface area contributed by atoms with Gasteiger partial charge in [-0.3, -0.25) is 5.43 Å². The predicted molar refractivity (Wildman–Crippen MR) is 92.9 cm³/mol. The zero-order valence-electron chi connectivity index (χ0n) is 13.2. The minimum atomic E-state index is 0.0495. The fourth-order valence-electron chi connectivity index (χ4n) is 2.02. The molecule has 0 saturated heterocycles. The second kappa shape index (κ2) is 5.57. The molecule has 114 valence electrons. The maximum absolute atomic E-state index is 5.79. The van der Waals surface area contributed by atoms with Crippen molar-refractivity contribution in [3.05, 3.63) is 47.2 Å². The van der Waals surface area contributed by atoms with E-state index in [1.54, 1.807) is 11.3 Å². The molecule has 1 N–H and O–H groups in total. The molecule has 0 radical (unpaired) electrons. The van der Waals surface area contributed by atoms with Gasteiger partial charge in [-0.1, -0.05) is 39.0 Å². The van der Waals surface area contributed by atoms with Gasteiger partial charge in [-0.05, 0) is 19.1 Å². The minimum Gasteiger partial charge on any atom is -0.455 e. The molecule has 2 aromatic heterocycles. The third kappa shape index (κ3) is 3.04. The zero-order valence-corrected chi connectivity index (χ0v) is 14.0. The summed E-state index contributed by atoms with van der Waals surface area (Å²) >= 11 is 1.56. The van der Waals surface area contributed by atoms with Crippen molar-refractivity contribution in [2.45, 2.75) is 33.1 Å². The van der Waals surface area contributed by atoms with E-state index in [0.717, 1.165) is 33.3 Å². The molecule has 2 heterocycles. The van der Waals surface area contributed by atoms with Crippen molar-refractivity contribution in [3.8, 4) is 0 Å². The normalized spacial score (nSPS) is 12.8. The molecule has 0 unspecified atom stereocenters. The van der Waals surface area contributed by atoms with Crippen molar-refractivity contribution >= 4 is 33.1 Å². The van der Waals surface area contributed by atoms with Crippen molar-refractivity contribution in [1.29, 1.82) is 0 Å². The fraction of sp³-hybridized carbons (Fsp3) is 0.294. The highest BCUT2D eigenvalue weighted by molar-refractivity contribution is 7.13. The number of para-hydroxylation sites is 1. The Morgan fingerprint density at radius 1 is 1.27 bits per heavy atom. The molecule has 0 aliphatic heterocycles. The molecule has 22 heavy (non-hydrogen) atoms. The van der Waals surface area contributed by atoms with Crippen LogP contribution >= 0.6 is 11.3 Å². The van der Waals surface area contributed by atoms with Crippen LogP contribution < -0.4 is 5.43 Å². The summed E-state index contributed by atoms with van der Waals surface area (Å²) in [7, 11) is 0. The first-order chi connectivity index (χ1) is 10.4. The van der Waals surface area contributed by atoms with E-state index in [1.165, 1.54) is 0 Å². The topological polar surface area (TPSA) is 50.4 Å². The average molecular weight is 313 g/mol. The highest BCUT2D eigenvalue weighted by Gasteiger charge is 2.17. The molecule has 3 aromatic rings. The number of rotatable bonds is 3. The Hall–Kier alpha value is -2.14. The Morgan fingerprint density at radius 2 is 2.05 bits per heavy atom. The smallest absolute Gasteiger partial charge is 0.203 e. The van der Waals surface area contributed by atoms with Crippen molar-refractivity contribution in [3.63, 3.8) is 0 Å². The summed E-state index contributed by atoms with van der Waals surface area (Å²) < 4.78 is 5.79. The predicted octanol–water partition coefficient (Wildman–Crippen LogP) is 5.02. The quantitative estimate of drug-likeness (QED) is 0.545. The van der Waals surface area contributed by atoms with Crippen LogP contribution in [0.3, 0.4) is 0 Å². The molecule has 3 rings (SSSR count). The maximum Gasteiger partial charge on any atom is 0.203 e. The molecular formula is C17H19N3OS. The van der Waals surface area contributed by atoms with Crippen LogP contribution in [0.25, 0.3) is 11.0 Å². The van der Waals surface area contributed by atoms with Crippen LogP contribution in [0.15, 0.2) is 45.2 Å². The number of hydrogen-bond acceptors (Lipinski definition) is 5. The van der Waals surface area contributed by atoms with Crippen LogP contribution in [0.4, 0.5) is 5.13 Å². The van der Waals surface area contributed by atoms with Crippen LogP contribution in [0.2, 0.25) is 0 Å². The summed E-state index contributed by atoms with van der Waals surface area (Å²) in [6.45, 7) is 8.36. The Kier molecular flexibility index (Phi) is 3.74. The van der Waals surface area contributed by atoms with Crippen LogP contribution in [0.1, 0.15) is 39.1 Å². The molecule has 0 aliphatic rings. The largest absolute Gasteiger partial charge is 0.455 e. The van der Waals surface area contributed by atoms with E-state index in [9.17, 15) is 0 Å². The van der Waals surface area contributed by atoms with Gasteiger partial charge in [-0.15, -0.1) is 11.3 Å². The van der Waals surface area contributed by atoms with Crippen molar-refractivity contribution in [1.82, 2.24) is 4.98 Å². The lowest BCUT2D eigenvalue weighted by molar-refractivity contribution is 0.573. The molecule has 0 amide bonds. The molecule has 5 heteroatoms. The molecule has 0 spiro atoms. The number of hydrazone groups is 1. The molecule has 0 aliphatic carbocycles. The lowest BCUT2D eigenvalue weighted by atomic mass is 9.93. The molecular weight excluding hydrogens is 294 g/mol. The summed E-state index contributed by atoms with van der Waals surface area (Å²) in [6.07, 6.45) is 0. The van der Waals surface area contributed by atoms with E-state index in [2.05, 4.69) is 41.7 Å². The molecule has 4 nitrogen and oxygen atoms in total. The van der Waals surface area contributed by atoms with E-state index in [-0.39, 0.29) is 5.41 Å². The number of nitrogens with zero attached hydrogens (tertiary/aromatic N) is 2. The number of hydrogen-bond donors (Lipinski definition) is 1. The number of thiazole rings is 1. The lowest BCUT2D eigenvalue weighted by Gasteiger charge is -2.13. The molecule has 0 bridgehead atoms. The number of anilines is 1. The third-order valence-electron chi connectivity index (χ3n) is 3.37. The minimum absolute atomic E-state index is 0.0495. The lowest BCUT2D eigenvalue weighted by Crippen LogP contribution is -2.11. The summed E-state index contributed by atoms with van der Waals surface area (Å²) in [5, 5.41) is 8.31. The summed E-state index contributed by atoms with van der Waals surface area (Å²) in [4.78, 5) is 4.56. The Labute approximate surface area is 133 Å². The zero-order chi connectivity index (χ0) is 15.7. The Balaban J connectivity index is 1.78. The van der Waals surface area contributed by atoms with Gasteiger partial charge >= 0.3 is 0 Å². The van der Waals surface area contributed by atoms with E-state index in [1.807, 2.05) is 37.3 Å². The van der Waals surface area contributed by atoms with Gasteiger partial charge < -0.3 is 4.42 Å². The Morgan fingerprint density at radius 3 is 2.73 bits per heavy atom. The number of aromatic nitrogens is 1. The monoisotopic (exact) mass is 313 g/mol. The van der Waals surface area contributed by atoms with E-state index in [4.69, 9.17) is 4.42 Å². The van der Waals surface area contributed by atoms with Crippen LogP contribution in [-0.2, 0) is 5.41 Å². The van der Waals surface area contributed by atoms with E-state index in [0.29, 0.717) is 0 Å². The van der Waals surface area contributed by atoms with Gasteiger partial charge in [0.2, 0.25) is 5.13 Å². The van der Waals surface area contributed by atoms with E-state index < -0.39 is 0 Å². The van der Waals surface area contributed by atoms with Crippen LogP contribution in [-0.4, -0.2) is 10.7 Å². The van der Waals surface area contributed by atoms with Gasteiger partial charge in [0.05, 0.1) is 5.69 Å². The first kappa shape index (κ1) is 14.8. The highest BCUT2D eigenvalue weighted by atomic mass is 32.1. The molecule has 1 aromatic carbocycles. The van der Waals surface area contributed by atoms with Crippen LogP contribution in [0, 0.1) is 0 Å². The van der Waals surface area contributed by atoms with Gasteiger partial charge in [0.15, 0.2) is 5.76 Å². The first-order valence-corrected chi connectivity index (χ1v) is 8.07. The number of benzene rings is 1. The summed E-state index contributed by atoms with van der Waals surface area (Å²) in [5.41, 5.74) is 5.80. The van der Waals surface area contributed by atoms with E-state index >= 15 is 0 Å². The second-order valence-corrected chi connectivity index (χ2v) is 7.10. The van der Waals surface area contributed by atoms with Gasteiger partial charge in [-0.25, -0.2) is 4.98 Å². The second-order valence-electron chi connectivity index (χ2n) is 6.25. The number of fused-ring (bicyclic) bond motifs is 1. The maximum atomic E-state index is 5.79. The average Bonchev–Trinajstić information content (AvgIpc) is 3.10. The van der Waals surface area contributed by atoms with Crippen LogP contribution in [0.5, 0.6) is 0 Å². The SMILES string of the molecule is C/C(=N/Nc1nc(C(C)(C)C)cs1)c1cc2ccccc2o1. The number of nitrogens with one attached hydrogen (secondary N) is 1. The van der Waals surface area contributed by atoms with Crippen molar-refractivity contribution < 1.29 is 4.42 Å². The van der Waals surface area contributed by atoms with Gasteiger partial charge in [0.25, 0.3) is 0 Å². The van der Waals surface area contributed by atoms with Crippen molar-refractivity contribution in [2.24, 2.45) is 5.10 Å². The van der Waals surface area contributed by atoms with Gasteiger partial charge in [-0.2, -0.15) is 5.10 Å². The molecule has 0 saturated carbocycles. The van der Waals surface area contributed by atoms with Gasteiger partial charge in [0.1, 0.15) is 11.3 Å². The number of furan rings is 1. The van der Waals surface area contributed by atoms with Gasteiger partial charge in [0, 0.05) is 16.2 Å². The molecule has 0 fully saturated rings. The Bertz CT molecular complexity index is 791. The summed E-state index contributed by atoms with van der Waals surface area (Å²) in [5.74, 6) is 0.765.